The number of nitrogens with one attached hydrogen (secondary N) is 1. The number of nitrogens with zero attached hydrogens (tertiary/aromatic N) is 4. The lowest BCUT2D eigenvalue weighted by molar-refractivity contribution is 0.264. The van der Waals surface area contributed by atoms with Gasteiger partial charge in [0.25, 0.3) is 6.71 Å². The molecule has 3 rings (SSSR count). The summed E-state index contributed by atoms with van der Waals surface area (Å²) in [4.78, 5) is 12.6. The van der Waals surface area contributed by atoms with Crippen molar-refractivity contribution in [3.05, 3.63) is 40.2 Å². The molecule has 1 aliphatic rings. The van der Waals surface area contributed by atoms with Crippen molar-refractivity contribution >= 4 is 23.2 Å². The van der Waals surface area contributed by atoms with Gasteiger partial charge in [0.1, 0.15) is 0 Å². The Hall–Kier alpha value is -1.91. The summed E-state index contributed by atoms with van der Waals surface area (Å²) in [5.41, 5.74) is 3.41. The van der Waals surface area contributed by atoms with Gasteiger partial charge in [0.15, 0.2) is 5.13 Å². The van der Waals surface area contributed by atoms with Gasteiger partial charge in [-0.15, -0.1) is 11.3 Å². The van der Waals surface area contributed by atoms with Crippen LogP contribution in [0.2, 0.25) is 12.1 Å². The van der Waals surface area contributed by atoms with Gasteiger partial charge >= 0.3 is 0 Å². The van der Waals surface area contributed by atoms with Gasteiger partial charge < -0.3 is 5.32 Å². The third-order valence-corrected chi connectivity index (χ3v) is 5.77. The van der Waals surface area contributed by atoms with Gasteiger partial charge in [-0.05, 0) is 63.2 Å². The summed E-state index contributed by atoms with van der Waals surface area (Å²) >= 11 is 1.71. The number of rotatable bonds is 5. The van der Waals surface area contributed by atoms with E-state index in [1.165, 1.54) is 10.4 Å². The molecule has 2 aromatic rings. The smallest absolute Gasteiger partial charge is 0.273 e. The topological polar surface area (TPSA) is 64.8 Å². The number of thiazole rings is 1. The molecule has 3 heterocycles. The molecule has 1 aliphatic heterocycles. The van der Waals surface area contributed by atoms with Gasteiger partial charge in [-0.3, -0.25) is 9.88 Å². The average molecular weight is 353 g/mol. The Morgan fingerprint density at radius 1 is 1.40 bits per heavy atom. The van der Waals surface area contributed by atoms with E-state index in [1.807, 2.05) is 27.1 Å². The lowest BCUT2D eigenvalue weighted by Crippen LogP contribution is -2.42. The van der Waals surface area contributed by atoms with E-state index in [-0.39, 0.29) is 6.71 Å². The summed E-state index contributed by atoms with van der Waals surface area (Å²) in [7, 11) is 1.90. The molecule has 0 bridgehead atoms. The molecule has 7 heteroatoms. The number of anilines is 1. The Morgan fingerprint density at radius 3 is 2.80 bits per heavy atom. The summed E-state index contributed by atoms with van der Waals surface area (Å²) in [5.74, 6) is 2.91. The van der Waals surface area contributed by atoms with Crippen molar-refractivity contribution in [1.29, 1.82) is 5.26 Å². The fraction of sp³-hybridized carbons (Fsp3) is 0.500. The molecule has 0 saturated carbocycles. The Labute approximate surface area is 154 Å². The van der Waals surface area contributed by atoms with Gasteiger partial charge in [0.2, 0.25) is 0 Å². The van der Waals surface area contributed by atoms with Crippen LogP contribution in [0.25, 0.3) is 0 Å². The highest BCUT2D eigenvalue weighted by Crippen LogP contribution is 2.28. The lowest BCUT2D eigenvalue weighted by Gasteiger charge is -2.34. The van der Waals surface area contributed by atoms with Gasteiger partial charge in [-0.2, -0.15) is 0 Å². The Morgan fingerprint density at radius 2 is 2.16 bits per heavy atom. The first kappa shape index (κ1) is 17.9. The van der Waals surface area contributed by atoms with E-state index in [2.05, 4.69) is 38.3 Å². The van der Waals surface area contributed by atoms with Crippen molar-refractivity contribution in [3.8, 4) is 5.97 Å². The van der Waals surface area contributed by atoms with Crippen molar-refractivity contribution in [2.45, 2.75) is 39.0 Å². The molecule has 1 atom stereocenters. The van der Waals surface area contributed by atoms with Gasteiger partial charge in [-0.1, -0.05) is 0 Å². The van der Waals surface area contributed by atoms with E-state index >= 15 is 0 Å². The highest BCUT2D eigenvalue weighted by atomic mass is 32.1. The first-order valence-electron chi connectivity index (χ1n) is 8.76. The zero-order valence-electron chi connectivity index (χ0n) is 15.1. The molecule has 1 N–H and O–H groups in total. The summed E-state index contributed by atoms with van der Waals surface area (Å²) in [5, 5.41) is 13.6. The van der Waals surface area contributed by atoms with Crippen LogP contribution >= 0.6 is 11.3 Å². The van der Waals surface area contributed by atoms with Gasteiger partial charge in [-0.25, -0.2) is 10.2 Å². The van der Waals surface area contributed by atoms with Gasteiger partial charge in [0, 0.05) is 42.0 Å². The molecule has 0 amide bonds. The Balaban J connectivity index is 1.68. The second kappa shape index (κ2) is 7.98. The second-order valence-electron chi connectivity index (χ2n) is 6.86. The standard InChI is InChI=1S/C18H24BN5S/c1-13-6-15(7-14(2)23-13)8-16-10-24(5-4-19(16)12-20)11-17-9-22-18(21-3)25-17/h6-7,9,16H,4-5,8,10-11H2,1-3H3,(H,21,22). The molecule has 1 unspecified atom stereocenters. The summed E-state index contributed by atoms with van der Waals surface area (Å²) in [6.07, 6.45) is 3.85. The molecule has 1 fully saturated rings. The zero-order valence-corrected chi connectivity index (χ0v) is 15.9. The molecule has 25 heavy (non-hydrogen) atoms. The number of hydrogen-bond acceptors (Lipinski definition) is 6. The summed E-state index contributed by atoms with van der Waals surface area (Å²) in [6.45, 7) is 7.08. The lowest BCUT2D eigenvalue weighted by atomic mass is 9.38. The molecule has 0 aromatic carbocycles. The highest BCUT2D eigenvalue weighted by Gasteiger charge is 2.33. The summed E-state index contributed by atoms with van der Waals surface area (Å²) < 4.78 is 0. The maximum Gasteiger partial charge on any atom is 0.273 e. The zero-order chi connectivity index (χ0) is 17.8. The first-order valence-corrected chi connectivity index (χ1v) is 9.57. The van der Waals surface area contributed by atoms with Crippen molar-refractivity contribution in [2.75, 3.05) is 25.5 Å². The van der Waals surface area contributed by atoms with Crippen molar-refractivity contribution in [2.24, 2.45) is 0 Å². The SMILES string of the molecule is CNc1ncc(CN2CCB(C#N)C(Cc3cc(C)nc(C)c3)C2)s1. The highest BCUT2D eigenvalue weighted by molar-refractivity contribution is 7.15. The largest absolute Gasteiger partial charge is 0.365 e. The molecular formula is C18H24BN5S. The number of hydrogen-bond donors (Lipinski definition) is 1. The van der Waals surface area contributed by atoms with Crippen LogP contribution in [-0.4, -0.2) is 41.7 Å². The maximum absolute atomic E-state index is 9.56. The maximum atomic E-state index is 9.56. The van der Waals surface area contributed by atoms with Gasteiger partial charge in [0.05, 0.1) is 0 Å². The molecule has 0 aliphatic carbocycles. The fourth-order valence-electron chi connectivity index (χ4n) is 3.69. The number of aromatic nitrogens is 2. The van der Waals surface area contributed by atoms with E-state index in [0.29, 0.717) is 5.82 Å². The van der Waals surface area contributed by atoms with Crippen LogP contribution in [0.4, 0.5) is 5.13 Å². The van der Waals surface area contributed by atoms with Crippen LogP contribution in [0.5, 0.6) is 0 Å². The summed E-state index contributed by atoms with van der Waals surface area (Å²) in [6, 6.07) is 4.31. The molecule has 1 saturated heterocycles. The average Bonchev–Trinajstić information content (AvgIpc) is 3.02. The Bertz CT molecular complexity index is 749. The van der Waals surface area contributed by atoms with E-state index in [0.717, 1.165) is 48.9 Å². The second-order valence-corrected chi connectivity index (χ2v) is 7.98. The monoisotopic (exact) mass is 353 g/mol. The first-order chi connectivity index (χ1) is 12.1. The minimum absolute atomic E-state index is 0.138. The quantitative estimate of drug-likeness (QED) is 0.837. The van der Waals surface area contributed by atoms with E-state index in [9.17, 15) is 5.26 Å². The molecule has 2 aromatic heterocycles. The normalized spacial score (nSPS) is 18.2. The predicted octanol–water partition coefficient (Wildman–Crippen LogP) is 3.18. The van der Waals surface area contributed by atoms with Crippen LogP contribution < -0.4 is 5.32 Å². The molecular weight excluding hydrogens is 329 g/mol. The molecule has 0 radical (unpaired) electrons. The number of nitriles is 1. The van der Waals surface area contributed by atoms with Crippen LogP contribution in [0.1, 0.15) is 21.8 Å². The van der Waals surface area contributed by atoms with E-state index < -0.39 is 0 Å². The third kappa shape index (κ3) is 4.59. The van der Waals surface area contributed by atoms with Crippen molar-refractivity contribution < 1.29 is 0 Å². The fourth-order valence-corrected chi connectivity index (χ4v) is 4.49. The van der Waals surface area contributed by atoms with Crippen LogP contribution in [0.15, 0.2) is 18.3 Å². The predicted molar refractivity (Wildman–Crippen MR) is 104 cm³/mol. The number of aryl methyl sites for hydroxylation is 2. The minimum Gasteiger partial charge on any atom is -0.365 e. The van der Waals surface area contributed by atoms with Crippen molar-refractivity contribution in [1.82, 2.24) is 14.9 Å². The Kier molecular flexibility index (Phi) is 5.72. The minimum atomic E-state index is 0.138. The number of pyridine rings is 1. The van der Waals surface area contributed by atoms with Crippen LogP contribution in [0.3, 0.4) is 0 Å². The molecule has 5 nitrogen and oxygen atoms in total. The van der Waals surface area contributed by atoms with E-state index in [4.69, 9.17) is 0 Å². The molecule has 130 valence electrons. The van der Waals surface area contributed by atoms with Crippen LogP contribution in [0, 0.1) is 25.1 Å². The third-order valence-electron chi connectivity index (χ3n) is 4.77. The van der Waals surface area contributed by atoms with Crippen LogP contribution in [-0.2, 0) is 13.0 Å². The molecule has 0 spiro atoms. The van der Waals surface area contributed by atoms with E-state index in [1.54, 1.807) is 11.3 Å². The van der Waals surface area contributed by atoms with Crippen molar-refractivity contribution in [3.63, 3.8) is 0 Å².